The van der Waals surface area contributed by atoms with Crippen molar-refractivity contribution in [2.75, 3.05) is 52.2 Å². The molecule has 1 fully saturated rings. The number of nitrogens with zero attached hydrogens (tertiary/aromatic N) is 2. The SMILES string of the molecule is CC(C)OCCN1CCN(CCOS(C)=S)C[C@H]1C. The minimum Gasteiger partial charge on any atom is -0.377 e. The van der Waals surface area contributed by atoms with Gasteiger partial charge in [-0.1, -0.05) is 0 Å². The van der Waals surface area contributed by atoms with Gasteiger partial charge in [0.15, 0.2) is 0 Å². The first kappa shape index (κ1) is 17.5. The average molecular weight is 309 g/mol. The molecule has 6 heteroatoms. The van der Waals surface area contributed by atoms with Crippen LogP contribution in [0, 0.1) is 0 Å². The lowest BCUT2D eigenvalue weighted by molar-refractivity contribution is 0.0237. The molecule has 0 radical (unpaired) electrons. The highest BCUT2D eigenvalue weighted by Crippen LogP contribution is 2.09. The van der Waals surface area contributed by atoms with Gasteiger partial charge in [-0.3, -0.25) is 9.80 Å². The van der Waals surface area contributed by atoms with E-state index in [-0.39, 0.29) is 9.74 Å². The third kappa shape index (κ3) is 7.68. The highest BCUT2D eigenvalue weighted by molar-refractivity contribution is 8.25. The molecule has 19 heavy (non-hydrogen) atoms. The van der Waals surface area contributed by atoms with Crippen LogP contribution in [-0.2, 0) is 29.8 Å². The number of piperazine rings is 1. The topological polar surface area (TPSA) is 24.9 Å². The molecule has 0 bridgehead atoms. The highest BCUT2D eigenvalue weighted by Gasteiger charge is 2.22. The van der Waals surface area contributed by atoms with Crippen LogP contribution in [0.2, 0.25) is 0 Å². The molecule has 1 heterocycles. The van der Waals surface area contributed by atoms with Crippen molar-refractivity contribution in [1.82, 2.24) is 9.80 Å². The largest absolute Gasteiger partial charge is 0.377 e. The number of hydrogen-bond donors (Lipinski definition) is 0. The Kier molecular flexibility index (Phi) is 8.61. The summed E-state index contributed by atoms with van der Waals surface area (Å²) in [5.41, 5.74) is 0. The fraction of sp³-hybridized carbons (Fsp3) is 1.00. The van der Waals surface area contributed by atoms with Crippen molar-refractivity contribution in [2.24, 2.45) is 0 Å². The Bertz CT molecular complexity index is 277. The predicted molar refractivity (Wildman–Crippen MR) is 85.2 cm³/mol. The second kappa shape index (κ2) is 9.37. The summed E-state index contributed by atoms with van der Waals surface area (Å²) in [4.78, 5) is 4.98. The molecular weight excluding hydrogens is 280 g/mol. The van der Waals surface area contributed by atoms with E-state index >= 15 is 0 Å². The summed E-state index contributed by atoms with van der Waals surface area (Å²) in [5, 5.41) is 0. The van der Waals surface area contributed by atoms with Crippen molar-refractivity contribution in [2.45, 2.75) is 32.9 Å². The van der Waals surface area contributed by atoms with E-state index in [9.17, 15) is 0 Å². The highest BCUT2D eigenvalue weighted by atomic mass is 32.8. The summed E-state index contributed by atoms with van der Waals surface area (Å²) < 4.78 is 11.1. The van der Waals surface area contributed by atoms with E-state index in [2.05, 4.69) is 30.6 Å². The maximum atomic E-state index is 5.63. The van der Waals surface area contributed by atoms with Crippen LogP contribution < -0.4 is 0 Å². The third-order valence-corrected chi connectivity index (χ3v) is 4.12. The first-order valence-corrected chi connectivity index (χ1v) is 9.52. The molecule has 114 valence electrons. The molecule has 0 aromatic carbocycles. The lowest BCUT2D eigenvalue weighted by Gasteiger charge is -2.39. The Hall–Kier alpha value is 0.410. The molecule has 0 amide bonds. The molecule has 1 aliphatic rings. The number of ether oxygens (including phenoxy) is 1. The summed E-state index contributed by atoms with van der Waals surface area (Å²) >= 11 is 5.02. The van der Waals surface area contributed by atoms with Crippen LogP contribution in [0.4, 0.5) is 0 Å². The Morgan fingerprint density at radius 3 is 2.58 bits per heavy atom. The van der Waals surface area contributed by atoms with Gasteiger partial charge in [-0.2, -0.15) is 0 Å². The first-order chi connectivity index (χ1) is 8.99. The average Bonchev–Trinajstić information content (AvgIpc) is 2.31. The van der Waals surface area contributed by atoms with Crippen LogP contribution in [0.1, 0.15) is 20.8 Å². The summed E-state index contributed by atoms with van der Waals surface area (Å²) in [6.45, 7) is 13.4. The molecule has 0 aromatic heterocycles. The zero-order chi connectivity index (χ0) is 14.3. The Morgan fingerprint density at radius 1 is 1.26 bits per heavy atom. The molecular formula is C13H28N2O2S2. The summed E-state index contributed by atoms with van der Waals surface area (Å²) in [6.07, 6.45) is 2.26. The number of rotatable bonds is 8. The molecule has 0 aromatic rings. The molecule has 1 saturated heterocycles. The van der Waals surface area contributed by atoms with Crippen molar-refractivity contribution in [1.29, 1.82) is 0 Å². The van der Waals surface area contributed by atoms with Crippen molar-refractivity contribution >= 4 is 20.9 Å². The molecule has 0 aliphatic carbocycles. The van der Waals surface area contributed by atoms with E-state index in [0.717, 1.165) is 45.9 Å². The van der Waals surface area contributed by atoms with E-state index in [1.54, 1.807) is 0 Å². The summed E-state index contributed by atoms with van der Waals surface area (Å²) in [7, 11) is -0.315. The Labute approximate surface area is 125 Å². The van der Waals surface area contributed by atoms with Gasteiger partial charge in [0.25, 0.3) is 0 Å². The van der Waals surface area contributed by atoms with Crippen LogP contribution >= 0.6 is 0 Å². The fourth-order valence-corrected chi connectivity index (χ4v) is 2.81. The van der Waals surface area contributed by atoms with Gasteiger partial charge >= 0.3 is 0 Å². The second-order valence-corrected chi connectivity index (χ2v) is 7.78. The monoisotopic (exact) mass is 308 g/mol. The zero-order valence-corrected chi connectivity index (χ0v) is 14.3. The van der Waals surface area contributed by atoms with Gasteiger partial charge < -0.3 is 8.92 Å². The third-order valence-electron chi connectivity index (χ3n) is 3.34. The predicted octanol–water partition coefficient (Wildman–Crippen LogP) is 1.06. The fourth-order valence-electron chi connectivity index (χ4n) is 2.30. The Morgan fingerprint density at radius 2 is 2.00 bits per heavy atom. The van der Waals surface area contributed by atoms with Crippen LogP contribution in [0.5, 0.6) is 0 Å². The molecule has 1 unspecified atom stereocenters. The van der Waals surface area contributed by atoms with Gasteiger partial charge in [0.05, 0.1) is 19.3 Å². The van der Waals surface area contributed by atoms with Crippen molar-refractivity contribution in [3.8, 4) is 0 Å². The lowest BCUT2D eigenvalue weighted by atomic mass is 10.2. The van der Waals surface area contributed by atoms with Crippen LogP contribution in [-0.4, -0.2) is 74.1 Å². The molecule has 0 spiro atoms. The van der Waals surface area contributed by atoms with E-state index < -0.39 is 0 Å². The second-order valence-electron chi connectivity index (χ2n) is 5.33. The van der Waals surface area contributed by atoms with Gasteiger partial charge in [-0.15, -0.1) is 0 Å². The molecule has 0 N–H and O–H groups in total. The lowest BCUT2D eigenvalue weighted by Crippen LogP contribution is -2.53. The van der Waals surface area contributed by atoms with Crippen LogP contribution in [0.25, 0.3) is 0 Å². The van der Waals surface area contributed by atoms with Gasteiger partial charge in [-0.05, 0) is 32.0 Å². The van der Waals surface area contributed by atoms with E-state index in [4.69, 9.17) is 20.1 Å². The van der Waals surface area contributed by atoms with Crippen molar-refractivity contribution in [3.05, 3.63) is 0 Å². The van der Waals surface area contributed by atoms with Crippen molar-refractivity contribution < 1.29 is 8.92 Å². The minimum absolute atomic E-state index is 0.315. The molecule has 0 saturated carbocycles. The van der Waals surface area contributed by atoms with Gasteiger partial charge in [-0.25, -0.2) is 0 Å². The quantitative estimate of drug-likeness (QED) is 0.668. The normalized spacial score (nSPS) is 23.9. The summed E-state index contributed by atoms with van der Waals surface area (Å²) in [5.74, 6) is 0. The number of hydrogen-bond acceptors (Lipinski definition) is 5. The maximum Gasteiger partial charge on any atom is 0.0744 e. The summed E-state index contributed by atoms with van der Waals surface area (Å²) in [6, 6.07) is 0.591. The minimum atomic E-state index is -0.315. The smallest absolute Gasteiger partial charge is 0.0744 e. The van der Waals surface area contributed by atoms with E-state index in [1.807, 2.05) is 6.26 Å². The van der Waals surface area contributed by atoms with Crippen LogP contribution in [0.15, 0.2) is 0 Å². The van der Waals surface area contributed by atoms with Crippen LogP contribution in [0.3, 0.4) is 0 Å². The zero-order valence-electron chi connectivity index (χ0n) is 12.6. The van der Waals surface area contributed by atoms with E-state index in [1.165, 1.54) is 0 Å². The Balaban J connectivity index is 2.17. The molecule has 1 rings (SSSR count). The molecule has 4 nitrogen and oxygen atoms in total. The van der Waals surface area contributed by atoms with Gasteiger partial charge in [0.1, 0.15) is 0 Å². The molecule has 1 aliphatic heterocycles. The maximum absolute atomic E-state index is 5.63. The standard InChI is InChI=1S/C13H28N2O2S2/c1-12(2)16-9-8-15-6-5-14(11-13(15)3)7-10-17-19(4)18/h12-13H,5-11H2,1-4H3/t13-,19?/m1/s1. The van der Waals surface area contributed by atoms with Gasteiger partial charge in [0.2, 0.25) is 0 Å². The van der Waals surface area contributed by atoms with Gasteiger partial charge in [0, 0.05) is 54.8 Å². The first-order valence-electron chi connectivity index (χ1n) is 7.03. The molecule has 2 atom stereocenters. The van der Waals surface area contributed by atoms with Crippen molar-refractivity contribution in [3.63, 3.8) is 0 Å². The van der Waals surface area contributed by atoms with E-state index in [0.29, 0.717) is 12.1 Å².